The summed E-state index contributed by atoms with van der Waals surface area (Å²) < 4.78 is 20.0. The molecule has 2 heterocycles. The van der Waals surface area contributed by atoms with E-state index >= 15 is 0 Å². The lowest BCUT2D eigenvalue weighted by Gasteiger charge is -2.26. The summed E-state index contributed by atoms with van der Waals surface area (Å²) in [6, 6.07) is 10.2. The maximum Gasteiger partial charge on any atom is 0.254 e. The summed E-state index contributed by atoms with van der Waals surface area (Å²) in [5.41, 5.74) is 2.23. The van der Waals surface area contributed by atoms with Crippen LogP contribution in [-0.4, -0.2) is 24.5 Å². The molecule has 0 saturated carbocycles. The topological polar surface area (TPSA) is 67.4 Å². The number of anilines is 1. The molecule has 0 bridgehead atoms. The van der Waals surface area contributed by atoms with Gasteiger partial charge in [0.25, 0.3) is 5.91 Å². The van der Waals surface area contributed by atoms with Gasteiger partial charge in [0.15, 0.2) is 0 Å². The van der Waals surface area contributed by atoms with Gasteiger partial charge < -0.3 is 15.4 Å². The van der Waals surface area contributed by atoms with Crippen LogP contribution in [-0.2, 0) is 17.6 Å². The Labute approximate surface area is 144 Å². The minimum Gasteiger partial charge on any atom is -0.491 e. The second kappa shape index (κ2) is 6.20. The van der Waals surface area contributed by atoms with E-state index in [-0.39, 0.29) is 17.5 Å². The Morgan fingerprint density at radius 3 is 2.92 bits per heavy atom. The molecule has 2 amide bonds. The van der Waals surface area contributed by atoms with Crippen LogP contribution in [0, 0.1) is 5.82 Å². The smallest absolute Gasteiger partial charge is 0.254 e. The summed E-state index contributed by atoms with van der Waals surface area (Å²) in [7, 11) is 0. The number of fused-ring (bicyclic) bond motifs is 2. The third-order valence-corrected chi connectivity index (χ3v) is 4.55. The van der Waals surface area contributed by atoms with Gasteiger partial charge in [-0.15, -0.1) is 0 Å². The van der Waals surface area contributed by atoms with Crippen molar-refractivity contribution >= 4 is 17.5 Å². The highest BCUT2D eigenvalue weighted by Crippen LogP contribution is 2.27. The Kier molecular flexibility index (Phi) is 3.87. The van der Waals surface area contributed by atoms with Crippen LogP contribution in [0.15, 0.2) is 36.4 Å². The van der Waals surface area contributed by atoms with Gasteiger partial charge in [0.1, 0.15) is 18.2 Å². The summed E-state index contributed by atoms with van der Waals surface area (Å²) in [4.78, 5) is 23.9. The summed E-state index contributed by atoms with van der Waals surface area (Å²) in [5.74, 6) is -0.424. The molecule has 25 heavy (non-hydrogen) atoms. The number of nitrogens with one attached hydrogen (secondary N) is 2. The molecule has 0 radical (unpaired) electrons. The predicted molar refractivity (Wildman–Crippen MR) is 90.2 cm³/mol. The van der Waals surface area contributed by atoms with Crippen LogP contribution in [0.4, 0.5) is 10.1 Å². The fourth-order valence-corrected chi connectivity index (χ4v) is 3.26. The molecule has 1 unspecified atom stereocenters. The fourth-order valence-electron chi connectivity index (χ4n) is 3.26. The number of carbonyl (C=O) groups is 2. The average molecular weight is 340 g/mol. The highest BCUT2D eigenvalue weighted by molar-refractivity contribution is 5.98. The molecule has 128 valence electrons. The van der Waals surface area contributed by atoms with E-state index in [1.165, 1.54) is 12.1 Å². The Morgan fingerprint density at radius 1 is 1.20 bits per heavy atom. The van der Waals surface area contributed by atoms with Crippen molar-refractivity contribution in [1.29, 1.82) is 0 Å². The molecule has 0 aromatic heterocycles. The lowest BCUT2D eigenvalue weighted by atomic mass is 9.98. The number of hydrogen-bond acceptors (Lipinski definition) is 3. The first-order valence-electron chi connectivity index (χ1n) is 8.24. The quantitative estimate of drug-likeness (QED) is 0.882. The molecule has 0 spiro atoms. The standard InChI is InChI=1S/C19H17FN2O3/c20-15-9-16-11(5-6-18(23)22-16)8-14(15)19(24)21-13-7-12-3-1-2-4-17(12)25-10-13/h1-4,8-9,13H,5-7,10H2,(H,21,24)(H,22,23). The third-order valence-electron chi connectivity index (χ3n) is 4.55. The summed E-state index contributed by atoms with van der Waals surface area (Å²) in [6.45, 7) is 0.353. The van der Waals surface area contributed by atoms with E-state index in [1.54, 1.807) is 0 Å². The normalized spacial score (nSPS) is 18.4. The minimum atomic E-state index is -0.643. The monoisotopic (exact) mass is 340 g/mol. The highest BCUT2D eigenvalue weighted by Gasteiger charge is 2.25. The van der Waals surface area contributed by atoms with Gasteiger partial charge in [-0.25, -0.2) is 4.39 Å². The van der Waals surface area contributed by atoms with Gasteiger partial charge in [-0.2, -0.15) is 0 Å². The van der Waals surface area contributed by atoms with Gasteiger partial charge in [0.2, 0.25) is 5.91 Å². The van der Waals surface area contributed by atoms with E-state index in [0.717, 1.165) is 16.9 Å². The minimum absolute atomic E-state index is 0.00578. The van der Waals surface area contributed by atoms with Crippen molar-refractivity contribution in [3.63, 3.8) is 0 Å². The Balaban J connectivity index is 1.51. The van der Waals surface area contributed by atoms with Gasteiger partial charge in [-0.1, -0.05) is 18.2 Å². The molecule has 2 aliphatic heterocycles. The predicted octanol–water partition coefficient (Wildman–Crippen LogP) is 2.44. The molecule has 5 nitrogen and oxygen atoms in total. The lowest BCUT2D eigenvalue weighted by molar-refractivity contribution is -0.116. The lowest BCUT2D eigenvalue weighted by Crippen LogP contribution is -2.43. The Hall–Kier alpha value is -2.89. The molecule has 2 aliphatic rings. The number of benzene rings is 2. The molecular formula is C19H17FN2O3. The van der Waals surface area contributed by atoms with Crippen LogP contribution in [0.2, 0.25) is 0 Å². The second-order valence-electron chi connectivity index (χ2n) is 6.33. The Morgan fingerprint density at radius 2 is 2.04 bits per heavy atom. The number of para-hydroxylation sites is 1. The summed E-state index contributed by atoms with van der Waals surface area (Å²) in [6.07, 6.45) is 1.49. The zero-order chi connectivity index (χ0) is 17.4. The van der Waals surface area contributed by atoms with Crippen molar-refractivity contribution in [3.8, 4) is 5.75 Å². The maximum absolute atomic E-state index is 14.3. The first-order valence-corrected chi connectivity index (χ1v) is 8.24. The fraction of sp³-hybridized carbons (Fsp3) is 0.263. The van der Waals surface area contributed by atoms with Crippen LogP contribution in [0.1, 0.15) is 27.9 Å². The molecule has 6 heteroatoms. The van der Waals surface area contributed by atoms with E-state index in [9.17, 15) is 14.0 Å². The van der Waals surface area contributed by atoms with Gasteiger partial charge >= 0.3 is 0 Å². The number of rotatable bonds is 2. The van der Waals surface area contributed by atoms with Crippen LogP contribution in [0.25, 0.3) is 0 Å². The number of amides is 2. The molecule has 2 aromatic rings. The van der Waals surface area contributed by atoms with Crippen LogP contribution in [0.3, 0.4) is 0 Å². The SMILES string of the molecule is O=C1CCc2cc(C(=O)NC3COc4ccccc4C3)c(F)cc2N1. The Bertz CT molecular complexity index is 866. The second-order valence-corrected chi connectivity index (χ2v) is 6.33. The number of ether oxygens (including phenoxy) is 1. The molecule has 0 saturated heterocycles. The van der Waals surface area contributed by atoms with Gasteiger partial charge in [-0.05, 0) is 42.2 Å². The molecular weight excluding hydrogens is 323 g/mol. The van der Waals surface area contributed by atoms with Gasteiger partial charge in [0.05, 0.1) is 11.6 Å². The van der Waals surface area contributed by atoms with Crippen molar-refractivity contribution in [2.24, 2.45) is 0 Å². The molecule has 0 fully saturated rings. The summed E-state index contributed by atoms with van der Waals surface area (Å²) >= 11 is 0. The van der Waals surface area contributed by atoms with Crippen LogP contribution in [0.5, 0.6) is 5.75 Å². The molecule has 2 aromatic carbocycles. The van der Waals surface area contributed by atoms with E-state index in [4.69, 9.17) is 4.74 Å². The van der Waals surface area contributed by atoms with Crippen molar-refractivity contribution in [1.82, 2.24) is 5.32 Å². The number of hydrogen-bond donors (Lipinski definition) is 2. The van der Waals surface area contributed by atoms with Crippen molar-refractivity contribution in [3.05, 3.63) is 58.9 Å². The summed E-state index contributed by atoms with van der Waals surface area (Å²) in [5, 5.41) is 5.47. The van der Waals surface area contributed by atoms with Gasteiger partial charge in [0, 0.05) is 12.1 Å². The first-order chi connectivity index (χ1) is 12.1. The van der Waals surface area contributed by atoms with Crippen LogP contribution < -0.4 is 15.4 Å². The van der Waals surface area contributed by atoms with E-state index in [0.29, 0.717) is 31.6 Å². The number of halogens is 1. The van der Waals surface area contributed by atoms with Crippen molar-refractivity contribution in [2.45, 2.75) is 25.3 Å². The number of aryl methyl sites for hydroxylation is 1. The zero-order valence-corrected chi connectivity index (χ0v) is 13.5. The molecule has 1 atom stereocenters. The highest BCUT2D eigenvalue weighted by atomic mass is 19.1. The largest absolute Gasteiger partial charge is 0.491 e. The van der Waals surface area contributed by atoms with Crippen LogP contribution >= 0.6 is 0 Å². The maximum atomic E-state index is 14.3. The average Bonchev–Trinajstić information content (AvgIpc) is 2.61. The molecule has 4 rings (SSSR count). The van der Waals surface area contributed by atoms with E-state index in [2.05, 4.69) is 10.6 Å². The zero-order valence-electron chi connectivity index (χ0n) is 13.5. The van der Waals surface area contributed by atoms with Crippen molar-refractivity contribution in [2.75, 3.05) is 11.9 Å². The van der Waals surface area contributed by atoms with E-state index in [1.807, 2.05) is 24.3 Å². The first kappa shape index (κ1) is 15.6. The van der Waals surface area contributed by atoms with E-state index < -0.39 is 11.7 Å². The van der Waals surface area contributed by atoms with Crippen molar-refractivity contribution < 1.29 is 18.7 Å². The molecule has 2 N–H and O–H groups in total. The third kappa shape index (κ3) is 3.07. The van der Waals surface area contributed by atoms with Gasteiger partial charge in [-0.3, -0.25) is 9.59 Å². The number of carbonyl (C=O) groups excluding carboxylic acids is 2. The molecule has 0 aliphatic carbocycles.